The third-order valence-electron chi connectivity index (χ3n) is 3.09. The summed E-state index contributed by atoms with van der Waals surface area (Å²) in [6.07, 6.45) is 0. The maximum absolute atomic E-state index is 11.9. The van der Waals surface area contributed by atoms with Crippen LogP contribution >= 0.6 is 11.3 Å². The summed E-state index contributed by atoms with van der Waals surface area (Å²) in [5.41, 5.74) is 1.64. The normalized spacial score (nSPS) is 10.2. The molecular weight excluding hydrogens is 320 g/mol. The fraction of sp³-hybridized carbons (Fsp3) is 0.200. The zero-order chi connectivity index (χ0) is 17.0. The number of anilines is 1. The van der Waals surface area contributed by atoms with Crippen molar-refractivity contribution >= 4 is 34.6 Å². The largest absolute Gasteiger partial charge is 0.451 e. The highest BCUT2D eigenvalue weighted by Crippen LogP contribution is 2.22. The van der Waals surface area contributed by atoms with Crippen molar-refractivity contribution in [2.75, 3.05) is 11.9 Å². The van der Waals surface area contributed by atoms with Gasteiger partial charge in [-0.1, -0.05) is 6.07 Å². The molecule has 120 valence electrons. The van der Waals surface area contributed by atoms with Crippen LogP contribution in [0.1, 0.15) is 20.8 Å². The second kappa shape index (κ2) is 7.01. The standard InChI is InChI=1S/C15H14N2O5S/c1-9-3-4-11(17(20)21)7-12(9)16-13(18)8-22-15(19)14-10(2)5-6-23-14/h3-7H,8H2,1-2H3,(H,16,18). The molecule has 0 bridgehead atoms. The lowest BCUT2D eigenvalue weighted by atomic mass is 10.2. The molecule has 1 aromatic heterocycles. The summed E-state index contributed by atoms with van der Waals surface area (Å²) in [5, 5.41) is 15.0. The highest BCUT2D eigenvalue weighted by molar-refractivity contribution is 7.12. The van der Waals surface area contributed by atoms with E-state index >= 15 is 0 Å². The Labute approximate surface area is 136 Å². The number of thiophene rings is 1. The maximum Gasteiger partial charge on any atom is 0.349 e. The molecule has 0 unspecified atom stereocenters. The Morgan fingerprint density at radius 2 is 2.00 bits per heavy atom. The molecule has 1 aromatic carbocycles. The van der Waals surface area contributed by atoms with Crippen molar-refractivity contribution in [1.82, 2.24) is 0 Å². The maximum atomic E-state index is 11.9. The Morgan fingerprint density at radius 1 is 1.26 bits per heavy atom. The number of nitrogens with one attached hydrogen (secondary N) is 1. The predicted octanol–water partition coefficient (Wildman–Crippen LogP) is 3.07. The van der Waals surface area contributed by atoms with Crippen LogP contribution in [0.3, 0.4) is 0 Å². The lowest BCUT2D eigenvalue weighted by molar-refractivity contribution is -0.384. The van der Waals surface area contributed by atoms with E-state index in [1.54, 1.807) is 25.3 Å². The number of hydrogen-bond acceptors (Lipinski definition) is 6. The average Bonchev–Trinajstić information content (AvgIpc) is 2.93. The predicted molar refractivity (Wildman–Crippen MR) is 85.8 cm³/mol. The smallest absolute Gasteiger partial charge is 0.349 e. The first-order chi connectivity index (χ1) is 10.9. The van der Waals surface area contributed by atoms with Gasteiger partial charge in [0, 0.05) is 12.1 Å². The van der Waals surface area contributed by atoms with Crippen molar-refractivity contribution in [3.05, 3.63) is 55.8 Å². The van der Waals surface area contributed by atoms with Gasteiger partial charge in [-0.2, -0.15) is 0 Å². The molecule has 2 aromatic rings. The molecule has 0 spiro atoms. The van der Waals surface area contributed by atoms with Crippen LogP contribution in [0.2, 0.25) is 0 Å². The highest BCUT2D eigenvalue weighted by atomic mass is 32.1. The summed E-state index contributed by atoms with van der Waals surface area (Å²) in [6, 6.07) is 5.94. The first-order valence-corrected chi connectivity index (χ1v) is 7.52. The first kappa shape index (κ1) is 16.6. The molecule has 1 amide bonds. The lowest BCUT2D eigenvalue weighted by Gasteiger charge is -2.08. The van der Waals surface area contributed by atoms with Gasteiger partial charge in [-0.25, -0.2) is 4.79 Å². The monoisotopic (exact) mass is 334 g/mol. The summed E-state index contributed by atoms with van der Waals surface area (Å²) in [4.78, 5) is 34.3. The van der Waals surface area contributed by atoms with Crippen molar-refractivity contribution in [1.29, 1.82) is 0 Å². The summed E-state index contributed by atoms with van der Waals surface area (Å²) >= 11 is 1.24. The van der Waals surface area contributed by atoms with Gasteiger partial charge in [0.25, 0.3) is 11.6 Å². The van der Waals surface area contributed by atoms with Crippen LogP contribution in [0.15, 0.2) is 29.6 Å². The molecule has 0 atom stereocenters. The van der Waals surface area contributed by atoms with Crippen molar-refractivity contribution in [2.24, 2.45) is 0 Å². The second-order valence-corrected chi connectivity index (χ2v) is 5.73. The Morgan fingerprint density at radius 3 is 2.61 bits per heavy atom. The Balaban J connectivity index is 1.97. The van der Waals surface area contributed by atoms with Gasteiger partial charge in [0.2, 0.25) is 0 Å². The molecule has 0 saturated heterocycles. The van der Waals surface area contributed by atoms with E-state index < -0.39 is 23.4 Å². The number of aryl methyl sites for hydroxylation is 2. The zero-order valence-corrected chi connectivity index (χ0v) is 13.3. The first-order valence-electron chi connectivity index (χ1n) is 6.64. The average molecular weight is 334 g/mol. The van der Waals surface area contributed by atoms with Crippen molar-refractivity contribution < 1.29 is 19.2 Å². The third kappa shape index (κ3) is 4.13. The van der Waals surface area contributed by atoms with Crippen LogP contribution in [-0.4, -0.2) is 23.4 Å². The van der Waals surface area contributed by atoms with Gasteiger partial charge in [0.15, 0.2) is 6.61 Å². The molecular formula is C15H14N2O5S. The van der Waals surface area contributed by atoms with Gasteiger partial charge >= 0.3 is 5.97 Å². The van der Waals surface area contributed by atoms with Gasteiger partial charge in [-0.05, 0) is 36.4 Å². The quantitative estimate of drug-likeness (QED) is 0.515. The van der Waals surface area contributed by atoms with E-state index in [9.17, 15) is 19.7 Å². The number of amides is 1. The Hall–Kier alpha value is -2.74. The minimum Gasteiger partial charge on any atom is -0.451 e. The number of non-ortho nitro benzene ring substituents is 1. The summed E-state index contributed by atoms with van der Waals surface area (Å²) < 4.78 is 4.94. The summed E-state index contributed by atoms with van der Waals surface area (Å²) in [7, 11) is 0. The molecule has 0 radical (unpaired) electrons. The molecule has 0 aliphatic heterocycles. The van der Waals surface area contributed by atoms with Gasteiger partial charge in [0.05, 0.1) is 10.6 Å². The molecule has 1 heterocycles. The van der Waals surface area contributed by atoms with E-state index in [1.807, 2.05) is 0 Å². The molecule has 0 saturated carbocycles. The minimum atomic E-state index is -0.566. The number of hydrogen-bond donors (Lipinski definition) is 1. The fourth-order valence-electron chi connectivity index (χ4n) is 1.82. The molecule has 23 heavy (non-hydrogen) atoms. The number of nitrogens with zero attached hydrogens (tertiary/aromatic N) is 1. The van der Waals surface area contributed by atoms with Crippen LogP contribution in [-0.2, 0) is 9.53 Å². The van der Waals surface area contributed by atoms with Crippen molar-refractivity contribution in [3.63, 3.8) is 0 Å². The molecule has 0 aliphatic rings. The molecule has 8 heteroatoms. The number of rotatable bonds is 5. The van der Waals surface area contributed by atoms with Crippen LogP contribution in [0.4, 0.5) is 11.4 Å². The molecule has 0 fully saturated rings. The number of nitro groups is 1. The van der Waals surface area contributed by atoms with Crippen molar-refractivity contribution in [3.8, 4) is 0 Å². The molecule has 2 rings (SSSR count). The Bertz CT molecular complexity index is 769. The van der Waals surface area contributed by atoms with Crippen molar-refractivity contribution in [2.45, 2.75) is 13.8 Å². The number of carbonyl (C=O) groups is 2. The number of ether oxygens (including phenoxy) is 1. The lowest BCUT2D eigenvalue weighted by Crippen LogP contribution is -2.21. The number of carbonyl (C=O) groups excluding carboxylic acids is 2. The zero-order valence-electron chi connectivity index (χ0n) is 12.5. The van der Waals surface area contributed by atoms with E-state index in [-0.39, 0.29) is 5.69 Å². The van der Waals surface area contributed by atoms with Gasteiger partial charge in [0.1, 0.15) is 4.88 Å². The van der Waals surface area contributed by atoms with Crippen LogP contribution in [0.5, 0.6) is 0 Å². The number of nitro benzene ring substituents is 1. The van der Waals surface area contributed by atoms with E-state index in [2.05, 4.69) is 5.32 Å². The minimum absolute atomic E-state index is 0.128. The highest BCUT2D eigenvalue weighted by Gasteiger charge is 2.15. The van der Waals surface area contributed by atoms with Crippen LogP contribution < -0.4 is 5.32 Å². The van der Waals surface area contributed by atoms with Crippen LogP contribution in [0.25, 0.3) is 0 Å². The van der Waals surface area contributed by atoms with E-state index in [0.717, 1.165) is 5.56 Å². The Kier molecular flexibility index (Phi) is 5.07. The molecule has 7 nitrogen and oxygen atoms in total. The molecule has 0 aliphatic carbocycles. The number of esters is 1. The van der Waals surface area contributed by atoms with Crippen LogP contribution in [0, 0.1) is 24.0 Å². The summed E-state index contributed by atoms with van der Waals surface area (Å²) in [6.45, 7) is 3.03. The third-order valence-corrected chi connectivity index (χ3v) is 4.08. The topological polar surface area (TPSA) is 98.5 Å². The van der Waals surface area contributed by atoms with Gasteiger partial charge in [-0.3, -0.25) is 14.9 Å². The summed E-state index contributed by atoms with van der Waals surface area (Å²) in [5.74, 6) is -1.13. The van der Waals surface area contributed by atoms with Gasteiger partial charge < -0.3 is 10.1 Å². The van der Waals surface area contributed by atoms with E-state index in [1.165, 1.54) is 29.5 Å². The van der Waals surface area contributed by atoms with Gasteiger partial charge in [-0.15, -0.1) is 11.3 Å². The molecule has 1 N–H and O–H groups in total. The SMILES string of the molecule is Cc1ccc([N+](=O)[O-])cc1NC(=O)COC(=O)c1sccc1C. The van der Waals surface area contributed by atoms with E-state index in [4.69, 9.17) is 4.74 Å². The van der Waals surface area contributed by atoms with E-state index in [0.29, 0.717) is 16.1 Å². The number of benzene rings is 1. The second-order valence-electron chi connectivity index (χ2n) is 4.81. The fourth-order valence-corrected chi connectivity index (χ4v) is 2.64.